The molecule has 0 heterocycles. The summed E-state index contributed by atoms with van der Waals surface area (Å²) in [7, 11) is 1.47. The van der Waals surface area contributed by atoms with Gasteiger partial charge in [0.2, 0.25) is 0 Å². The van der Waals surface area contributed by atoms with Crippen LogP contribution < -0.4 is 9.47 Å². The van der Waals surface area contributed by atoms with Gasteiger partial charge in [-0.15, -0.1) is 0 Å². The molecule has 25 heavy (non-hydrogen) atoms. The highest BCUT2D eigenvalue weighted by atomic mass is 16.5. The van der Waals surface area contributed by atoms with Gasteiger partial charge in [0.1, 0.15) is 0 Å². The third-order valence-electron chi connectivity index (χ3n) is 3.61. The lowest BCUT2D eigenvalue weighted by Gasteiger charge is -2.09. The zero-order valence-electron chi connectivity index (χ0n) is 14.4. The van der Waals surface area contributed by atoms with E-state index in [1.165, 1.54) is 13.2 Å². The number of aryl methyl sites for hydroxylation is 2. The fraction of sp³-hybridized carbons (Fsp3) is 0.200. The van der Waals surface area contributed by atoms with Crippen molar-refractivity contribution in [2.24, 2.45) is 0 Å². The zero-order valence-corrected chi connectivity index (χ0v) is 14.4. The summed E-state index contributed by atoms with van der Waals surface area (Å²) in [4.78, 5) is 22.9. The molecule has 0 saturated carbocycles. The Balaban J connectivity index is 2.17. The third kappa shape index (κ3) is 4.94. The van der Waals surface area contributed by atoms with Crippen molar-refractivity contribution in [1.82, 2.24) is 0 Å². The molecule has 2 aromatic carbocycles. The van der Waals surface area contributed by atoms with Gasteiger partial charge in [-0.3, -0.25) is 4.79 Å². The molecule has 0 unspecified atom stereocenters. The fourth-order valence-electron chi connectivity index (χ4n) is 2.40. The first kappa shape index (κ1) is 18.3. The van der Waals surface area contributed by atoms with Crippen LogP contribution in [0.4, 0.5) is 0 Å². The van der Waals surface area contributed by atoms with Crippen molar-refractivity contribution >= 4 is 17.8 Å². The maximum Gasteiger partial charge on any atom is 0.341 e. The molecule has 2 rings (SSSR count). The number of carboxylic acid groups (broad SMARTS) is 1. The van der Waals surface area contributed by atoms with Gasteiger partial charge >= 0.3 is 5.97 Å². The monoisotopic (exact) mass is 340 g/mol. The second-order valence-electron chi connectivity index (χ2n) is 5.61. The summed E-state index contributed by atoms with van der Waals surface area (Å²) in [6.07, 6.45) is 3.19. The Morgan fingerprint density at radius 1 is 1.08 bits per heavy atom. The predicted octanol–water partition coefficient (Wildman–Crippen LogP) is 3.67. The summed E-state index contributed by atoms with van der Waals surface area (Å²) in [5.74, 6) is -0.405. The van der Waals surface area contributed by atoms with Crippen LogP contribution in [0, 0.1) is 13.8 Å². The van der Waals surface area contributed by atoms with Crippen LogP contribution in [0.2, 0.25) is 0 Å². The summed E-state index contributed by atoms with van der Waals surface area (Å²) in [5.41, 5.74) is 3.46. The minimum Gasteiger partial charge on any atom is -0.493 e. The van der Waals surface area contributed by atoms with Crippen LogP contribution in [-0.2, 0) is 4.79 Å². The minimum absolute atomic E-state index is 0.0809. The van der Waals surface area contributed by atoms with Gasteiger partial charge in [-0.25, -0.2) is 4.79 Å². The Hall–Kier alpha value is -3.08. The maximum absolute atomic E-state index is 12.3. The normalized spacial score (nSPS) is 10.7. The van der Waals surface area contributed by atoms with Gasteiger partial charge in [0, 0.05) is 5.56 Å². The standard InChI is InChI=1S/C20H20O5/c1-13-4-7-16(14(2)10-13)17(21)8-5-15-6-9-18(19(11-15)24-3)25-12-20(22)23/h4-11H,12H2,1-3H3,(H,22,23)/b8-5+. The molecule has 2 aromatic rings. The van der Waals surface area contributed by atoms with Crippen molar-refractivity contribution in [3.05, 3.63) is 64.7 Å². The van der Waals surface area contributed by atoms with Crippen LogP contribution in [0.3, 0.4) is 0 Å². The maximum atomic E-state index is 12.3. The molecule has 0 aromatic heterocycles. The first-order valence-electron chi connectivity index (χ1n) is 7.73. The van der Waals surface area contributed by atoms with E-state index in [1.54, 1.807) is 24.3 Å². The molecule has 0 bridgehead atoms. The minimum atomic E-state index is -1.06. The fourth-order valence-corrected chi connectivity index (χ4v) is 2.40. The number of hydrogen-bond acceptors (Lipinski definition) is 4. The highest BCUT2D eigenvalue weighted by molar-refractivity contribution is 6.07. The quantitative estimate of drug-likeness (QED) is 0.615. The topological polar surface area (TPSA) is 72.8 Å². The Morgan fingerprint density at radius 3 is 2.48 bits per heavy atom. The van der Waals surface area contributed by atoms with Crippen LogP contribution in [0.15, 0.2) is 42.5 Å². The number of carbonyl (C=O) groups excluding carboxylic acids is 1. The lowest BCUT2D eigenvalue weighted by atomic mass is 10.0. The van der Waals surface area contributed by atoms with Gasteiger partial charge in [0.25, 0.3) is 0 Å². The van der Waals surface area contributed by atoms with Gasteiger partial charge < -0.3 is 14.6 Å². The molecular weight excluding hydrogens is 320 g/mol. The highest BCUT2D eigenvalue weighted by Gasteiger charge is 2.08. The van der Waals surface area contributed by atoms with Crippen LogP contribution in [0.5, 0.6) is 11.5 Å². The average Bonchev–Trinajstić information content (AvgIpc) is 2.58. The van der Waals surface area contributed by atoms with Crippen molar-refractivity contribution in [2.75, 3.05) is 13.7 Å². The molecule has 0 aliphatic carbocycles. The van der Waals surface area contributed by atoms with Crippen molar-refractivity contribution < 1.29 is 24.2 Å². The van der Waals surface area contributed by atoms with E-state index >= 15 is 0 Å². The summed E-state index contributed by atoms with van der Waals surface area (Å²) < 4.78 is 10.4. The summed E-state index contributed by atoms with van der Waals surface area (Å²) >= 11 is 0. The Kier molecular flexibility index (Phi) is 5.95. The molecule has 0 aliphatic rings. The molecule has 0 saturated heterocycles. The van der Waals surface area contributed by atoms with Crippen LogP contribution in [-0.4, -0.2) is 30.6 Å². The van der Waals surface area contributed by atoms with Gasteiger partial charge in [0.15, 0.2) is 23.9 Å². The first-order valence-corrected chi connectivity index (χ1v) is 7.73. The van der Waals surface area contributed by atoms with Gasteiger partial charge in [-0.2, -0.15) is 0 Å². The van der Waals surface area contributed by atoms with E-state index in [0.717, 1.165) is 16.7 Å². The molecule has 0 atom stereocenters. The van der Waals surface area contributed by atoms with Crippen molar-refractivity contribution in [3.63, 3.8) is 0 Å². The van der Waals surface area contributed by atoms with E-state index in [2.05, 4.69) is 0 Å². The summed E-state index contributed by atoms with van der Waals surface area (Å²) in [5, 5.41) is 8.67. The number of ether oxygens (including phenoxy) is 2. The number of aliphatic carboxylic acids is 1. The van der Waals surface area contributed by atoms with Crippen molar-refractivity contribution in [2.45, 2.75) is 13.8 Å². The smallest absolute Gasteiger partial charge is 0.341 e. The van der Waals surface area contributed by atoms with Crippen LogP contribution in [0.25, 0.3) is 6.08 Å². The SMILES string of the molecule is COc1cc(/C=C/C(=O)c2ccc(C)cc2C)ccc1OCC(=O)O. The Morgan fingerprint density at radius 2 is 1.84 bits per heavy atom. The molecule has 1 N–H and O–H groups in total. The number of benzene rings is 2. The molecular formula is C20H20O5. The molecule has 0 radical (unpaired) electrons. The Labute approximate surface area is 146 Å². The van der Waals surface area contributed by atoms with Gasteiger partial charge in [0.05, 0.1) is 7.11 Å². The largest absolute Gasteiger partial charge is 0.493 e. The molecule has 0 spiro atoms. The molecule has 0 amide bonds. The van der Waals surface area contributed by atoms with Gasteiger partial charge in [-0.05, 0) is 43.2 Å². The van der Waals surface area contributed by atoms with Crippen molar-refractivity contribution in [1.29, 1.82) is 0 Å². The number of hydrogen-bond donors (Lipinski definition) is 1. The first-order chi connectivity index (χ1) is 11.9. The van der Waals surface area contributed by atoms with Gasteiger partial charge in [-0.1, -0.05) is 35.9 Å². The molecule has 5 nitrogen and oxygen atoms in total. The number of ketones is 1. The van der Waals surface area contributed by atoms with E-state index in [9.17, 15) is 9.59 Å². The molecule has 130 valence electrons. The lowest BCUT2D eigenvalue weighted by molar-refractivity contribution is -0.139. The number of allylic oxidation sites excluding steroid dienone is 1. The number of rotatable bonds is 7. The van der Waals surface area contributed by atoms with E-state index in [4.69, 9.17) is 14.6 Å². The summed E-state index contributed by atoms with van der Waals surface area (Å²) in [6.45, 7) is 3.44. The number of carboxylic acids is 1. The molecule has 0 fully saturated rings. The van der Waals surface area contributed by atoms with E-state index in [0.29, 0.717) is 17.1 Å². The number of methoxy groups -OCH3 is 1. The predicted molar refractivity (Wildman–Crippen MR) is 95.4 cm³/mol. The number of carbonyl (C=O) groups is 2. The van der Waals surface area contributed by atoms with E-state index in [1.807, 2.05) is 32.0 Å². The van der Waals surface area contributed by atoms with E-state index < -0.39 is 12.6 Å². The third-order valence-corrected chi connectivity index (χ3v) is 3.61. The van der Waals surface area contributed by atoms with Crippen LogP contribution >= 0.6 is 0 Å². The second kappa shape index (κ2) is 8.15. The summed E-state index contributed by atoms with van der Waals surface area (Å²) in [6, 6.07) is 10.7. The highest BCUT2D eigenvalue weighted by Crippen LogP contribution is 2.28. The average molecular weight is 340 g/mol. The van der Waals surface area contributed by atoms with Crippen molar-refractivity contribution in [3.8, 4) is 11.5 Å². The Bertz CT molecular complexity index is 821. The molecule has 5 heteroatoms. The molecule has 0 aliphatic heterocycles. The second-order valence-corrected chi connectivity index (χ2v) is 5.61. The van der Waals surface area contributed by atoms with Crippen LogP contribution in [0.1, 0.15) is 27.0 Å². The lowest BCUT2D eigenvalue weighted by Crippen LogP contribution is -2.10. The zero-order chi connectivity index (χ0) is 18.4. The van der Waals surface area contributed by atoms with E-state index in [-0.39, 0.29) is 5.78 Å².